The lowest BCUT2D eigenvalue weighted by Gasteiger charge is -2.06. The van der Waals surface area contributed by atoms with Gasteiger partial charge in [-0.1, -0.05) is 11.6 Å². The third kappa shape index (κ3) is 3.39. The lowest BCUT2D eigenvalue weighted by molar-refractivity contribution is 0.628. The van der Waals surface area contributed by atoms with E-state index in [0.717, 1.165) is 17.0 Å². The molecule has 0 bridgehead atoms. The zero-order valence-electron chi connectivity index (χ0n) is 14.5. The molecule has 0 aliphatic heterocycles. The van der Waals surface area contributed by atoms with Crippen LogP contribution in [-0.4, -0.2) is 29.9 Å². The summed E-state index contributed by atoms with van der Waals surface area (Å²) in [5, 5.41) is 14.9. The fourth-order valence-electron chi connectivity index (χ4n) is 2.73. The highest BCUT2D eigenvalue weighted by molar-refractivity contribution is 6.35. The fourth-order valence-corrected chi connectivity index (χ4v) is 2.97. The summed E-state index contributed by atoms with van der Waals surface area (Å²) >= 11 is 6.42. The minimum Gasteiger partial charge on any atom is -0.322 e. The summed E-state index contributed by atoms with van der Waals surface area (Å²) in [6, 6.07) is 9.71. The molecule has 4 rings (SSSR count). The van der Waals surface area contributed by atoms with Gasteiger partial charge in [0, 0.05) is 17.3 Å². The SMILES string of the molecule is Cc1cc(C)n(-c2cc(Nc3n[nH]c(-c4ccc(F)cc4)c3Cl)ncn2)n1. The molecule has 3 aromatic heterocycles. The molecule has 0 radical (unpaired) electrons. The number of rotatable bonds is 4. The second-order valence-electron chi connectivity index (χ2n) is 5.99. The van der Waals surface area contributed by atoms with E-state index in [1.807, 2.05) is 19.9 Å². The number of H-pyrrole nitrogens is 1. The Hall–Kier alpha value is -3.26. The Morgan fingerprint density at radius 1 is 1.11 bits per heavy atom. The summed E-state index contributed by atoms with van der Waals surface area (Å²) in [6.07, 6.45) is 1.44. The van der Waals surface area contributed by atoms with Crippen LogP contribution < -0.4 is 5.32 Å². The Morgan fingerprint density at radius 2 is 1.89 bits per heavy atom. The van der Waals surface area contributed by atoms with Crippen LogP contribution in [0.2, 0.25) is 5.02 Å². The first-order valence-electron chi connectivity index (χ1n) is 8.14. The highest BCUT2D eigenvalue weighted by Crippen LogP contribution is 2.32. The molecule has 0 spiro atoms. The number of nitrogens with one attached hydrogen (secondary N) is 2. The number of benzene rings is 1. The van der Waals surface area contributed by atoms with E-state index in [1.54, 1.807) is 22.9 Å². The molecular weight excluding hydrogens is 369 g/mol. The molecule has 1 aromatic carbocycles. The summed E-state index contributed by atoms with van der Waals surface area (Å²) in [6.45, 7) is 3.87. The van der Waals surface area contributed by atoms with Gasteiger partial charge in [0.25, 0.3) is 0 Å². The quantitative estimate of drug-likeness (QED) is 0.551. The molecule has 0 saturated carbocycles. The molecule has 9 heteroatoms. The molecule has 0 amide bonds. The maximum Gasteiger partial charge on any atom is 0.172 e. The Bertz CT molecular complexity index is 1100. The van der Waals surface area contributed by atoms with Crippen LogP contribution in [0.5, 0.6) is 0 Å². The van der Waals surface area contributed by atoms with E-state index in [2.05, 4.69) is 30.6 Å². The second-order valence-corrected chi connectivity index (χ2v) is 6.37. The summed E-state index contributed by atoms with van der Waals surface area (Å²) < 4.78 is 14.8. The van der Waals surface area contributed by atoms with Gasteiger partial charge in [-0.05, 0) is 44.2 Å². The van der Waals surface area contributed by atoms with Crippen LogP contribution in [0.4, 0.5) is 16.0 Å². The predicted molar refractivity (Wildman–Crippen MR) is 101 cm³/mol. The van der Waals surface area contributed by atoms with E-state index in [-0.39, 0.29) is 5.82 Å². The number of aromatic amines is 1. The third-order valence-electron chi connectivity index (χ3n) is 3.97. The van der Waals surface area contributed by atoms with Crippen molar-refractivity contribution in [1.82, 2.24) is 29.9 Å². The van der Waals surface area contributed by atoms with Crippen molar-refractivity contribution in [3.8, 4) is 17.1 Å². The molecule has 27 heavy (non-hydrogen) atoms. The van der Waals surface area contributed by atoms with Crippen LogP contribution in [0.3, 0.4) is 0 Å². The first-order valence-corrected chi connectivity index (χ1v) is 8.51. The van der Waals surface area contributed by atoms with Crippen molar-refractivity contribution < 1.29 is 4.39 Å². The van der Waals surface area contributed by atoms with Crippen molar-refractivity contribution in [1.29, 1.82) is 0 Å². The van der Waals surface area contributed by atoms with Crippen molar-refractivity contribution in [3.63, 3.8) is 0 Å². The van der Waals surface area contributed by atoms with E-state index >= 15 is 0 Å². The van der Waals surface area contributed by atoms with E-state index in [9.17, 15) is 4.39 Å². The number of halogens is 2. The number of aromatic nitrogens is 6. The Balaban J connectivity index is 1.63. The Kier molecular flexibility index (Phi) is 4.33. The van der Waals surface area contributed by atoms with Crippen LogP contribution >= 0.6 is 11.6 Å². The highest BCUT2D eigenvalue weighted by atomic mass is 35.5. The third-order valence-corrected chi connectivity index (χ3v) is 4.33. The number of nitrogens with zero attached hydrogens (tertiary/aromatic N) is 5. The van der Waals surface area contributed by atoms with Crippen LogP contribution in [0.25, 0.3) is 17.1 Å². The van der Waals surface area contributed by atoms with Gasteiger partial charge in [0.15, 0.2) is 11.6 Å². The first kappa shape index (κ1) is 17.2. The van der Waals surface area contributed by atoms with Gasteiger partial charge in [-0.3, -0.25) is 5.10 Å². The van der Waals surface area contributed by atoms with Crippen LogP contribution in [-0.2, 0) is 0 Å². The summed E-state index contributed by atoms with van der Waals surface area (Å²) in [4.78, 5) is 8.47. The number of aryl methyl sites for hydroxylation is 2. The van der Waals surface area contributed by atoms with Crippen LogP contribution in [0, 0.1) is 19.7 Å². The van der Waals surface area contributed by atoms with Gasteiger partial charge < -0.3 is 5.32 Å². The molecule has 0 saturated heterocycles. The molecule has 4 aromatic rings. The fraction of sp³-hybridized carbons (Fsp3) is 0.111. The average molecular weight is 384 g/mol. The Morgan fingerprint density at radius 3 is 2.59 bits per heavy atom. The van der Waals surface area contributed by atoms with Crippen molar-refractivity contribution in [3.05, 3.63) is 65.0 Å². The van der Waals surface area contributed by atoms with E-state index in [1.165, 1.54) is 18.5 Å². The molecular formula is C18H15ClFN7. The number of anilines is 2. The molecule has 3 heterocycles. The van der Waals surface area contributed by atoms with Gasteiger partial charge in [0.05, 0.1) is 11.4 Å². The van der Waals surface area contributed by atoms with Gasteiger partial charge in [-0.25, -0.2) is 19.0 Å². The first-order chi connectivity index (χ1) is 13.0. The van der Waals surface area contributed by atoms with Crippen molar-refractivity contribution in [2.45, 2.75) is 13.8 Å². The Labute approximate surface area is 159 Å². The second kappa shape index (κ2) is 6.81. The van der Waals surface area contributed by atoms with Crippen LogP contribution in [0.1, 0.15) is 11.4 Å². The van der Waals surface area contributed by atoms with Gasteiger partial charge >= 0.3 is 0 Å². The number of hydrogen-bond acceptors (Lipinski definition) is 5. The standard InChI is InChI=1S/C18H15ClFN7/c1-10-7-11(2)27(26-10)15-8-14(21-9-22-15)23-18-16(19)17(24-25-18)12-3-5-13(20)6-4-12/h3-9H,1-2H3,(H2,21,22,23,24,25). The summed E-state index contributed by atoms with van der Waals surface area (Å²) in [7, 11) is 0. The molecule has 0 aliphatic rings. The normalized spacial score (nSPS) is 11.0. The molecule has 0 aliphatic carbocycles. The van der Waals surface area contributed by atoms with Gasteiger partial charge in [0.1, 0.15) is 23.0 Å². The zero-order valence-corrected chi connectivity index (χ0v) is 15.3. The van der Waals surface area contributed by atoms with E-state index in [0.29, 0.717) is 28.2 Å². The van der Waals surface area contributed by atoms with Gasteiger partial charge in [-0.15, -0.1) is 0 Å². The van der Waals surface area contributed by atoms with Gasteiger partial charge in [0.2, 0.25) is 0 Å². The largest absolute Gasteiger partial charge is 0.322 e. The minimum atomic E-state index is -0.314. The zero-order chi connectivity index (χ0) is 19.0. The van der Waals surface area contributed by atoms with E-state index in [4.69, 9.17) is 11.6 Å². The average Bonchev–Trinajstić information content (AvgIpc) is 3.18. The topological polar surface area (TPSA) is 84.3 Å². The van der Waals surface area contributed by atoms with Crippen molar-refractivity contribution >= 4 is 23.2 Å². The molecule has 0 atom stereocenters. The van der Waals surface area contributed by atoms with Crippen LogP contribution in [0.15, 0.2) is 42.7 Å². The van der Waals surface area contributed by atoms with Crippen molar-refractivity contribution in [2.75, 3.05) is 5.32 Å². The molecule has 2 N–H and O–H groups in total. The smallest absolute Gasteiger partial charge is 0.172 e. The number of hydrogen-bond donors (Lipinski definition) is 2. The molecule has 136 valence electrons. The summed E-state index contributed by atoms with van der Waals surface area (Å²) in [5.41, 5.74) is 3.19. The molecule has 0 fully saturated rings. The lowest BCUT2D eigenvalue weighted by atomic mass is 10.1. The molecule has 7 nitrogen and oxygen atoms in total. The highest BCUT2D eigenvalue weighted by Gasteiger charge is 2.14. The van der Waals surface area contributed by atoms with E-state index < -0.39 is 0 Å². The minimum absolute atomic E-state index is 0.314. The lowest BCUT2D eigenvalue weighted by Crippen LogP contribution is -2.04. The maximum atomic E-state index is 13.1. The monoisotopic (exact) mass is 383 g/mol. The maximum absolute atomic E-state index is 13.1. The summed E-state index contributed by atoms with van der Waals surface area (Å²) in [5.74, 6) is 1.24. The van der Waals surface area contributed by atoms with Gasteiger partial charge in [-0.2, -0.15) is 10.2 Å². The van der Waals surface area contributed by atoms with Crippen molar-refractivity contribution in [2.24, 2.45) is 0 Å². The predicted octanol–water partition coefficient (Wildman–Crippen LogP) is 4.21. The molecule has 0 unspecified atom stereocenters.